The van der Waals surface area contributed by atoms with Crippen LogP contribution in [-0.2, 0) is 9.53 Å². The van der Waals surface area contributed by atoms with Gasteiger partial charge in [0.05, 0.1) is 19.3 Å². The van der Waals surface area contributed by atoms with Gasteiger partial charge in [0.25, 0.3) is 0 Å². The summed E-state index contributed by atoms with van der Waals surface area (Å²) in [6.45, 7) is 12.3. The summed E-state index contributed by atoms with van der Waals surface area (Å²) in [7, 11) is 2.01. The zero-order valence-corrected chi connectivity index (χ0v) is 11.3. The van der Waals surface area contributed by atoms with Gasteiger partial charge in [-0.05, 0) is 19.9 Å². The van der Waals surface area contributed by atoms with Crippen LogP contribution in [0.4, 0.5) is 0 Å². The molecule has 1 amide bonds. The van der Waals surface area contributed by atoms with Gasteiger partial charge < -0.3 is 10.1 Å². The van der Waals surface area contributed by atoms with E-state index in [1.807, 2.05) is 14.0 Å². The summed E-state index contributed by atoms with van der Waals surface area (Å²) >= 11 is 0. The Hall–Kier alpha value is -0.870. The molecular weight excluding hydrogens is 216 g/mol. The van der Waals surface area contributed by atoms with Crippen LogP contribution in [0, 0.1) is 5.92 Å². The van der Waals surface area contributed by atoms with Crippen molar-refractivity contribution in [3.63, 3.8) is 0 Å². The van der Waals surface area contributed by atoms with Crippen molar-refractivity contribution in [1.29, 1.82) is 0 Å². The maximum atomic E-state index is 11.9. The van der Waals surface area contributed by atoms with Crippen LogP contribution in [0.2, 0.25) is 0 Å². The first-order chi connectivity index (χ1) is 7.93. The molecule has 1 atom stereocenters. The Morgan fingerprint density at radius 2 is 2.06 bits per heavy atom. The van der Waals surface area contributed by atoms with Crippen molar-refractivity contribution in [3.05, 3.63) is 12.2 Å². The van der Waals surface area contributed by atoms with Gasteiger partial charge in [0.2, 0.25) is 5.91 Å². The monoisotopic (exact) mass is 240 g/mol. The van der Waals surface area contributed by atoms with Crippen molar-refractivity contribution in [3.8, 4) is 0 Å². The van der Waals surface area contributed by atoms with Crippen LogP contribution >= 0.6 is 0 Å². The molecule has 0 aromatic carbocycles. The van der Waals surface area contributed by atoms with E-state index < -0.39 is 0 Å². The molecule has 0 spiro atoms. The quantitative estimate of drug-likeness (QED) is 0.705. The topological polar surface area (TPSA) is 41.6 Å². The van der Waals surface area contributed by atoms with Crippen molar-refractivity contribution >= 4 is 5.91 Å². The molecule has 4 nitrogen and oxygen atoms in total. The third kappa shape index (κ3) is 3.82. The second-order valence-electron chi connectivity index (χ2n) is 5.16. The van der Waals surface area contributed by atoms with E-state index >= 15 is 0 Å². The molecule has 1 fully saturated rings. The van der Waals surface area contributed by atoms with Gasteiger partial charge in [0, 0.05) is 18.2 Å². The Morgan fingerprint density at radius 3 is 2.47 bits per heavy atom. The Morgan fingerprint density at radius 1 is 1.47 bits per heavy atom. The Bertz CT molecular complexity index is 285. The van der Waals surface area contributed by atoms with Gasteiger partial charge in [-0.25, -0.2) is 0 Å². The fourth-order valence-electron chi connectivity index (χ4n) is 1.62. The molecule has 0 bridgehead atoms. The molecule has 1 aliphatic rings. The van der Waals surface area contributed by atoms with Crippen LogP contribution in [0.5, 0.6) is 0 Å². The Balaban J connectivity index is 2.41. The molecule has 0 radical (unpaired) electrons. The molecule has 1 aliphatic heterocycles. The average Bonchev–Trinajstić information content (AvgIpc) is 2.21. The molecule has 98 valence electrons. The summed E-state index contributed by atoms with van der Waals surface area (Å²) in [4.78, 5) is 14.0. The van der Waals surface area contributed by atoms with Gasteiger partial charge in [0.1, 0.15) is 0 Å². The molecule has 0 aromatic heterocycles. The predicted octanol–water partition coefficient (Wildman–Crippen LogP) is 1.03. The van der Waals surface area contributed by atoms with Crippen molar-refractivity contribution < 1.29 is 9.53 Å². The lowest BCUT2D eigenvalue weighted by Gasteiger charge is -2.38. The highest BCUT2D eigenvalue weighted by Gasteiger charge is 2.29. The van der Waals surface area contributed by atoms with Crippen molar-refractivity contribution in [2.24, 2.45) is 5.92 Å². The van der Waals surface area contributed by atoms with Gasteiger partial charge in [-0.2, -0.15) is 0 Å². The fourth-order valence-corrected chi connectivity index (χ4v) is 1.62. The number of hydrogen-bond acceptors (Lipinski definition) is 3. The molecule has 0 aromatic rings. The highest BCUT2D eigenvalue weighted by molar-refractivity contribution is 5.93. The molecule has 0 aliphatic carbocycles. The van der Waals surface area contributed by atoms with Crippen molar-refractivity contribution in [2.45, 2.75) is 32.9 Å². The van der Waals surface area contributed by atoms with E-state index in [1.165, 1.54) is 0 Å². The second kappa shape index (κ2) is 6.17. The molecule has 0 saturated carbocycles. The number of nitrogens with zero attached hydrogens (tertiary/aromatic N) is 1. The molecule has 1 saturated heterocycles. The van der Waals surface area contributed by atoms with Gasteiger partial charge in [0.15, 0.2) is 0 Å². The zero-order chi connectivity index (χ0) is 13.0. The second-order valence-corrected chi connectivity index (χ2v) is 5.16. The zero-order valence-electron chi connectivity index (χ0n) is 11.3. The van der Waals surface area contributed by atoms with Crippen molar-refractivity contribution in [1.82, 2.24) is 10.2 Å². The number of carbonyl (C=O) groups is 1. The number of nitrogens with one attached hydrogen (secondary N) is 1. The number of likely N-dealkylation sites (N-methyl/N-ethyl adjacent to an activating group) is 1. The van der Waals surface area contributed by atoms with Gasteiger partial charge in [-0.15, -0.1) is 0 Å². The lowest BCUT2D eigenvalue weighted by Crippen LogP contribution is -2.52. The summed E-state index contributed by atoms with van der Waals surface area (Å²) in [6, 6.07) is 0.468. The summed E-state index contributed by atoms with van der Waals surface area (Å²) in [5.74, 6) is 0.415. The minimum Gasteiger partial charge on any atom is -0.378 e. The number of rotatable bonds is 6. The van der Waals surface area contributed by atoms with Gasteiger partial charge in [-0.1, -0.05) is 20.4 Å². The molecule has 0 unspecified atom stereocenters. The molecule has 4 heteroatoms. The third-order valence-corrected chi connectivity index (χ3v) is 3.27. The molecular formula is C13H24N2O2. The van der Waals surface area contributed by atoms with E-state index in [-0.39, 0.29) is 11.9 Å². The summed E-state index contributed by atoms with van der Waals surface area (Å²) in [5, 5.41) is 2.90. The average molecular weight is 240 g/mol. The standard InChI is InChI=1S/C13H24N2O2/c1-9(2)6-14-13(16)10(3)11(4)15(5)12-7-17-8-12/h9,11-12H,3,6-8H2,1-2,4-5H3,(H,14,16)/t11-/m0/s1. The van der Waals surface area contributed by atoms with Crippen LogP contribution in [0.25, 0.3) is 0 Å². The third-order valence-electron chi connectivity index (χ3n) is 3.27. The fraction of sp³-hybridized carbons (Fsp3) is 0.769. The van der Waals surface area contributed by atoms with Gasteiger partial charge >= 0.3 is 0 Å². The number of hydrogen-bond donors (Lipinski definition) is 1. The highest BCUT2D eigenvalue weighted by atomic mass is 16.5. The van der Waals surface area contributed by atoms with Crippen LogP contribution in [0.3, 0.4) is 0 Å². The Labute approximate surface area is 104 Å². The first-order valence-corrected chi connectivity index (χ1v) is 6.20. The van der Waals surface area contributed by atoms with E-state index in [9.17, 15) is 4.79 Å². The largest absolute Gasteiger partial charge is 0.378 e. The molecule has 1 heterocycles. The lowest BCUT2D eigenvalue weighted by molar-refractivity contribution is -0.119. The normalized spacial score (nSPS) is 18.0. The molecule has 1 rings (SSSR count). The number of amides is 1. The number of ether oxygens (including phenoxy) is 1. The highest BCUT2D eigenvalue weighted by Crippen LogP contribution is 2.15. The van der Waals surface area contributed by atoms with E-state index in [0.29, 0.717) is 24.1 Å². The van der Waals surface area contributed by atoms with Crippen LogP contribution < -0.4 is 5.32 Å². The van der Waals surface area contributed by atoms with Crippen LogP contribution in [0.15, 0.2) is 12.2 Å². The first kappa shape index (κ1) is 14.2. The SMILES string of the molecule is C=C(C(=O)NCC(C)C)[C@H](C)N(C)C1COC1. The van der Waals surface area contributed by atoms with Gasteiger partial charge in [-0.3, -0.25) is 9.69 Å². The van der Waals surface area contributed by atoms with E-state index in [2.05, 4.69) is 30.6 Å². The molecule has 17 heavy (non-hydrogen) atoms. The van der Waals surface area contributed by atoms with E-state index in [4.69, 9.17) is 4.74 Å². The summed E-state index contributed by atoms with van der Waals surface area (Å²) in [5.41, 5.74) is 0.625. The smallest absolute Gasteiger partial charge is 0.248 e. The maximum absolute atomic E-state index is 11.9. The predicted molar refractivity (Wildman–Crippen MR) is 68.8 cm³/mol. The van der Waals surface area contributed by atoms with Crippen LogP contribution in [-0.4, -0.2) is 49.7 Å². The van der Waals surface area contributed by atoms with E-state index in [1.54, 1.807) is 0 Å². The number of carbonyl (C=O) groups excluding carboxylic acids is 1. The Kier molecular flexibility index (Phi) is 5.15. The van der Waals surface area contributed by atoms with E-state index in [0.717, 1.165) is 13.2 Å². The summed E-state index contributed by atoms with van der Waals surface area (Å²) in [6.07, 6.45) is 0. The lowest BCUT2D eigenvalue weighted by atomic mass is 10.1. The maximum Gasteiger partial charge on any atom is 0.248 e. The first-order valence-electron chi connectivity index (χ1n) is 6.20. The molecule has 1 N–H and O–H groups in total. The van der Waals surface area contributed by atoms with Crippen molar-refractivity contribution in [2.75, 3.05) is 26.8 Å². The summed E-state index contributed by atoms with van der Waals surface area (Å²) < 4.78 is 5.15. The van der Waals surface area contributed by atoms with Crippen LogP contribution in [0.1, 0.15) is 20.8 Å². The minimum absolute atomic E-state index is 0.0432. The minimum atomic E-state index is -0.0432.